The van der Waals surface area contributed by atoms with Crippen LogP contribution in [0.3, 0.4) is 0 Å². The second-order valence-corrected chi connectivity index (χ2v) is 8.74. The minimum Gasteiger partial charge on any atom is -0.485 e. The number of fused-ring (bicyclic) bond motifs is 1. The standard InChI is InChI=1S/C23H23F3N4O3S/c1-4-9-29-21(20-11-32-18-7-5-6-8-19(18)33-20)27-28-22(29)34-12-17(31)16-10-14(2)30(15(16)3)13-23(24,25)26/h4-8,10,20H,1,9,11-13H2,2-3H3/t20-/m1/s1. The van der Waals surface area contributed by atoms with Crippen LogP contribution in [0.2, 0.25) is 0 Å². The predicted octanol–water partition coefficient (Wildman–Crippen LogP) is 4.93. The zero-order chi connectivity index (χ0) is 24.5. The zero-order valence-electron chi connectivity index (χ0n) is 18.6. The number of carbonyl (C=O) groups is 1. The van der Waals surface area contributed by atoms with E-state index in [1.54, 1.807) is 23.6 Å². The van der Waals surface area contributed by atoms with Gasteiger partial charge < -0.3 is 14.0 Å². The number of ketones is 1. The van der Waals surface area contributed by atoms with Gasteiger partial charge in [0.2, 0.25) is 0 Å². The molecule has 11 heteroatoms. The molecule has 2 aromatic heterocycles. The Labute approximate surface area is 198 Å². The number of ether oxygens (including phenoxy) is 2. The van der Waals surface area contributed by atoms with Crippen LogP contribution in [0.1, 0.15) is 33.7 Å². The van der Waals surface area contributed by atoms with Gasteiger partial charge in [-0.2, -0.15) is 13.2 Å². The van der Waals surface area contributed by atoms with Crippen LogP contribution in [-0.4, -0.2) is 43.7 Å². The van der Waals surface area contributed by atoms with E-state index in [9.17, 15) is 18.0 Å². The number of Topliss-reactive ketones (excluding diaryl/α,β-unsaturated/α-hetero) is 1. The molecule has 0 saturated heterocycles. The second kappa shape index (κ2) is 9.57. The Bertz CT molecular complexity index is 1220. The van der Waals surface area contributed by atoms with E-state index < -0.39 is 18.8 Å². The molecule has 0 N–H and O–H groups in total. The number of alkyl halides is 3. The van der Waals surface area contributed by atoms with Crippen LogP contribution in [0, 0.1) is 13.8 Å². The Morgan fingerprint density at radius 2 is 1.97 bits per heavy atom. The third-order valence-corrected chi connectivity index (χ3v) is 6.36. The number of carbonyl (C=O) groups excluding carboxylic acids is 1. The van der Waals surface area contributed by atoms with E-state index in [0.717, 1.165) is 16.3 Å². The van der Waals surface area contributed by atoms with E-state index in [1.807, 2.05) is 18.2 Å². The van der Waals surface area contributed by atoms with Gasteiger partial charge >= 0.3 is 6.18 Å². The summed E-state index contributed by atoms with van der Waals surface area (Å²) in [4.78, 5) is 12.8. The first kappa shape index (κ1) is 23.9. The normalized spacial score (nSPS) is 15.4. The van der Waals surface area contributed by atoms with Crippen LogP contribution in [0.15, 0.2) is 48.1 Å². The minimum absolute atomic E-state index is 0.00353. The SMILES string of the molecule is C=CCn1c(SCC(=O)c2cc(C)n(CC(F)(F)F)c2C)nnc1[C@H]1COc2ccccc2O1. The van der Waals surface area contributed by atoms with Crippen molar-refractivity contribution < 1.29 is 27.4 Å². The summed E-state index contributed by atoms with van der Waals surface area (Å²) < 4.78 is 53.3. The number of benzene rings is 1. The summed E-state index contributed by atoms with van der Waals surface area (Å²) in [6.45, 7) is 6.36. The number of hydrogen-bond acceptors (Lipinski definition) is 6. The third kappa shape index (κ3) is 4.98. The molecule has 0 saturated carbocycles. The second-order valence-electron chi connectivity index (χ2n) is 7.80. The van der Waals surface area contributed by atoms with Gasteiger partial charge in [0.25, 0.3) is 0 Å². The molecule has 180 valence electrons. The fourth-order valence-electron chi connectivity index (χ4n) is 3.81. The van der Waals surface area contributed by atoms with Gasteiger partial charge in [-0.3, -0.25) is 9.36 Å². The van der Waals surface area contributed by atoms with Gasteiger partial charge in [-0.25, -0.2) is 0 Å². The van der Waals surface area contributed by atoms with Gasteiger partial charge in [-0.15, -0.1) is 16.8 Å². The molecule has 0 radical (unpaired) electrons. The van der Waals surface area contributed by atoms with Gasteiger partial charge in [0, 0.05) is 23.5 Å². The molecule has 3 heterocycles. The number of thioether (sulfide) groups is 1. The van der Waals surface area contributed by atoms with Crippen LogP contribution in [0.25, 0.3) is 0 Å². The Kier molecular flexibility index (Phi) is 6.74. The Balaban J connectivity index is 1.50. The molecule has 7 nitrogen and oxygen atoms in total. The Morgan fingerprint density at radius 3 is 2.68 bits per heavy atom. The van der Waals surface area contributed by atoms with Crippen molar-refractivity contribution in [2.75, 3.05) is 12.4 Å². The molecule has 34 heavy (non-hydrogen) atoms. The lowest BCUT2D eigenvalue weighted by Gasteiger charge is -2.26. The number of hydrogen-bond donors (Lipinski definition) is 0. The van der Waals surface area contributed by atoms with E-state index in [-0.39, 0.29) is 23.7 Å². The minimum atomic E-state index is -4.37. The highest BCUT2D eigenvalue weighted by atomic mass is 32.2. The first-order chi connectivity index (χ1) is 16.2. The first-order valence-corrected chi connectivity index (χ1v) is 11.5. The maximum absolute atomic E-state index is 12.9. The molecule has 1 atom stereocenters. The number of halogens is 3. The average molecular weight is 493 g/mol. The largest absolute Gasteiger partial charge is 0.485 e. The lowest BCUT2D eigenvalue weighted by atomic mass is 10.2. The van der Waals surface area contributed by atoms with E-state index >= 15 is 0 Å². The van der Waals surface area contributed by atoms with Gasteiger partial charge in [-0.1, -0.05) is 30.0 Å². The Morgan fingerprint density at radius 1 is 1.24 bits per heavy atom. The van der Waals surface area contributed by atoms with Gasteiger partial charge in [-0.05, 0) is 32.0 Å². The zero-order valence-corrected chi connectivity index (χ0v) is 19.4. The van der Waals surface area contributed by atoms with Crippen LogP contribution in [0.4, 0.5) is 13.2 Å². The fraction of sp³-hybridized carbons (Fsp3) is 0.348. The summed E-state index contributed by atoms with van der Waals surface area (Å²) >= 11 is 1.16. The molecule has 4 rings (SSSR count). The summed E-state index contributed by atoms with van der Waals surface area (Å²) in [5.41, 5.74) is 0.944. The number of para-hydroxylation sites is 2. The lowest BCUT2D eigenvalue weighted by molar-refractivity contribution is -0.141. The molecular weight excluding hydrogens is 469 g/mol. The van der Waals surface area contributed by atoms with Crippen molar-refractivity contribution in [3.05, 3.63) is 65.8 Å². The summed E-state index contributed by atoms with van der Waals surface area (Å²) in [6.07, 6.45) is -3.18. The van der Waals surface area contributed by atoms with E-state index in [1.165, 1.54) is 13.0 Å². The van der Waals surface area contributed by atoms with Crippen molar-refractivity contribution in [3.8, 4) is 11.5 Å². The smallest absolute Gasteiger partial charge is 0.406 e. The molecule has 1 aliphatic rings. The fourth-order valence-corrected chi connectivity index (χ4v) is 4.64. The molecule has 0 aliphatic carbocycles. The average Bonchev–Trinajstić information content (AvgIpc) is 3.32. The molecule has 0 fully saturated rings. The predicted molar refractivity (Wildman–Crippen MR) is 121 cm³/mol. The topological polar surface area (TPSA) is 71.2 Å². The third-order valence-electron chi connectivity index (χ3n) is 5.40. The molecule has 1 aliphatic heterocycles. The maximum Gasteiger partial charge on any atom is 0.406 e. The van der Waals surface area contributed by atoms with Crippen molar-refractivity contribution >= 4 is 17.5 Å². The number of nitrogens with zero attached hydrogens (tertiary/aromatic N) is 4. The highest BCUT2D eigenvalue weighted by Crippen LogP contribution is 2.36. The quantitative estimate of drug-likeness (QED) is 0.252. The lowest BCUT2D eigenvalue weighted by Crippen LogP contribution is -2.25. The van der Waals surface area contributed by atoms with Crippen molar-refractivity contribution in [2.24, 2.45) is 0 Å². The van der Waals surface area contributed by atoms with Crippen molar-refractivity contribution in [1.82, 2.24) is 19.3 Å². The van der Waals surface area contributed by atoms with Gasteiger partial charge in [0.15, 0.2) is 34.4 Å². The summed E-state index contributed by atoms with van der Waals surface area (Å²) in [6, 6.07) is 8.82. The van der Waals surface area contributed by atoms with E-state index in [4.69, 9.17) is 9.47 Å². The number of aryl methyl sites for hydroxylation is 1. The van der Waals surface area contributed by atoms with Crippen molar-refractivity contribution in [1.29, 1.82) is 0 Å². The molecule has 0 bridgehead atoms. The highest BCUT2D eigenvalue weighted by molar-refractivity contribution is 7.99. The van der Waals surface area contributed by atoms with Crippen LogP contribution >= 0.6 is 11.8 Å². The summed E-state index contributed by atoms with van der Waals surface area (Å²) in [5, 5.41) is 8.95. The number of allylic oxidation sites excluding steroid dienone is 1. The molecule has 0 spiro atoms. The summed E-state index contributed by atoms with van der Waals surface area (Å²) in [5.74, 6) is 1.50. The van der Waals surface area contributed by atoms with Crippen LogP contribution < -0.4 is 9.47 Å². The number of rotatable bonds is 8. The van der Waals surface area contributed by atoms with Gasteiger partial charge in [0.1, 0.15) is 13.2 Å². The summed E-state index contributed by atoms with van der Waals surface area (Å²) in [7, 11) is 0. The van der Waals surface area contributed by atoms with E-state index in [0.29, 0.717) is 40.4 Å². The van der Waals surface area contributed by atoms with Crippen molar-refractivity contribution in [3.63, 3.8) is 0 Å². The van der Waals surface area contributed by atoms with Crippen LogP contribution in [-0.2, 0) is 13.1 Å². The monoisotopic (exact) mass is 492 g/mol. The molecule has 0 amide bonds. The Hall–Kier alpha value is -3.21. The molecule has 3 aromatic rings. The first-order valence-electron chi connectivity index (χ1n) is 10.5. The highest BCUT2D eigenvalue weighted by Gasteiger charge is 2.31. The van der Waals surface area contributed by atoms with Crippen LogP contribution in [0.5, 0.6) is 11.5 Å². The molecular formula is C23H23F3N4O3S. The molecule has 1 aromatic carbocycles. The number of aromatic nitrogens is 4. The molecule has 0 unspecified atom stereocenters. The van der Waals surface area contributed by atoms with Crippen molar-refractivity contribution in [2.45, 2.75) is 44.4 Å². The van der Waals surface area contributed by atoms with E-state index in [2.05, 4.69) is 16.8 Å². The van der Waals surface area contributed by atoms with Gasteiger partial charge in [0.05, 0.1) is 5.75 Å². The maximum atomic E-state index is 12.9.